The van der Waals surface area contributed by atoms with Gasteiger partial charge in [0.15, 0.2) is 0 Å². The molecule has 1 aliphatic carbocycles. The Labute approximate surface area is 98.5 Å². The molecule has 1 saturated carbocycles. The van der Waals surface area contributed by atoms with Crippen LogP contribution in [-0.4, -0.2) is 11.2 Å². The summed E-state index contributed by atoms with van der Waals surface area (Å²) in [6.07, 6.45) is 2.01. The molecule has 0 saturated heterocycles. The Morgan fingerprint density at radius 3 is 2.19 bits per heavy atom. The van der Waals surface area contributed by atoms with Crippen molar-refractivity contribution in [3.05, 3.63) is 35.4 Å². The van der Waals surface area contributed by atoms with Gasteiger partial charge in [0, 0.05) is 5.41 Å². The number of aliphatic hydroxyl groups is 1. The molecule has 0 bridgehead atoms. The second kappa shape index (κ2) is 3.59. The molecule has 1 aromatic carbocycles. The molecule has 1 atom stereocenters. The molecule has 1 heteroatoms. The van der Waals surface area contributed by atoms with E-state index in [1.165, 1.54) is 11.1 Å². The van der Waals surface area contributed by atoms with Crippen LogP contribution in [0.25, 0.3) is 0 Å². The largest absolute Gasteiger partial charge is 0.392 e. The highest BCUT2D eigenvalue weighted by Crippen LogP contribution is 2.53. The second-order valence-corrected chi connectivity index (χ2v) is 6.13. The van der Waals surface area contributed by atoms with E-state index in [9.17, 15) is 5.11 Å². The highest BCUT2D eigenvalue weighted by molar-refractivity contribution is 5.43. The first-order valence-corrected chi connectivity index (χ1v) is 6.16. The van der Waals surface area contributed by atoms with Gasteiger partial charge in [0.25, 0.3) is 0 Å². The number of benzene rings is 1. The SMILES string of the molecule is CC(O)C1(c2ccccc2C(C)(C)C)CC1. The lowest BCUT2D eigenvalue weighted by Gasteiger charge is -2.29. The Kier molecular flexibility index (Phi) is 2.62. The summed E-state index contributed by atoms with van der Waals surface area (Å²) >= 11 is 0. The van der Waals surface area contributed by atoms with E-state index in [0.29, 0.717) is 0 Å². The third kappa shape index (κ3) is 1.78. The predicted molar refractivity (Wildman–Crippen MR) is 67.7 cm³/mol. The average Bonchev–Trinajstić information content (AvgIpc) is 2.97. The molecule has 16 heavy (non-hydrogen) atoms. The summed E-state index contributed by atoms with van der Waals surface area (Å²) in [6, 6.07) is 8.59. The van der Waals surface area contributed by atoms with E-state index in [1.807, 2.05) is 6.92 Å². The zero-order valence-corrected chi connectivity index (χ0v) is 10.7. The van der Waals surface area contributed by atoms with Crippen molar-refractivity contribution in [2.75, 3.05) is 0 Å². The maximum Gasteiger partial charge on any atom is 0.0608 e. The second-order valence-electron chi connectivity index (χ2n) is 6.13. The first kappa shape index (κ1) is 11.7. The fourth-order valence-corrected chi connectivity index (χ4v) is 2.62. The summed E-state index contributed by atoms with van der Waals surface area (Å²) in [5.74, 6) is 0. The average molecular weight is 218 g/mol. The molecule has 1 N–H and O–H groups in total. The van der Waals surface area contributed by atoms with Crippen LogP contribution in [0, 0.1) is 0 Å². The van der Waals surface area contributed by atoms with Crippen LogP contribution >= 0.6 is 0 Å². The van der Waals surface area contributed by atoms with Crippen LogP contribution in [0.1, 0.15) is 51.7 Å². The van der Waals surface area contributed by atoms with E-state index in [0.717, 1.165) is 12.8 Å². The van der Waals surface area contributed by atoms with Gasteiger partial charge in [-0.1, -0.05) is 45.0 Å². The van der Waals surface area contributed by atoms with Crippen LogP contribution in [-0.2, 0) is 10.8 Å². The quantitative estimate of drug-likeness (QED) is 0.806. The molecule has 1 aromatic rings. The summed E-state index contributed by atoms with van der Waals surface area (Å²) in [7, 11) is 0. The van der Waals surface area contributed by atoms with Gasteiger partial charge < -0.3 is 5.11 Å². The van der Waals surface area contributed by atoms with Crippen LogP contribution in [0.4, 0.5) is 0 Å². The Bertz CT molecular complexity index is 381. The van der Waals surface area contributed by atoms with Crippen LogP contribution in [0.5, 0.6) is 0 Å². The number of aliphatic hydroxyl groups excluding tert-OH is 1. The minimum absolute atomic E-state index is 0.0455. The van der Waals surface area contributed by atoms with Gasteiger partial charge in [-0.3, -0.25) is 0 Å². The summed E-state index contributed by atoms with van der Waals surface area (Å²) in [5, 5.41) is 9.99. The normalized spacial score (nSPS) is 20.6. The monoisotopic (exact) mass is 218 g/mol. The van der Waals surface area contributed by atoms with Gasteiger partial charge in [-0.05, 0) is 36.3 Å². The van der Waals surface area contributed by atoms with E-state index < -0.39 is 0 Å². The van der Waals surface area contributed by atoms with Gasteiger partial charge in [-0.25, -0.2) is 0 Å². The Morgan fingerprint density at radius 2 is 1.75 bits per heavy atom. The zero-order valence-electron chi connectivity index (χ0n) is 10.7. The lowest BCUT2D eigenvalue weighted by atomic mass is 9.77. The topological polar surface area (TPSA) is 20.2 Å². The molecule has 1 nitrogen and oxygen atoms in total. The smallest absolute Gasteiger partial charge is 0.0608 e. The molecule has 0 aliphatic heterocycles. The van der Waals surface area contributed by atoms with Gasteiger partial charge in [-0.15, -0.1) is 0 Å². The summed E-state index contributed by atoms with van der Waals surface area (Å²) < 4.78 is 0. The van der Waals surface area contributed by atoms with Crippen LogP contribution < -0.4 is 0 Å². The molecular formula is C15H22O. The number of rotatable bonds is 2. The molecule has 0 amide bonds. The molecule has 88 valence electrons. The van der Waals surface area contributed by atoms with E-state index in [4.69, 9.17) is 0 Å². The molecule has 0 aromatic heterocycles. The fourth-order valence-electron chi connectivity index (χ4n) is 2.62. The number of hydrogen-bond acceptors (Lipinski definition) is 1. The van der Waals surface area contributed by atoms with Crippen molar-refractivity contribution in [2.45, 2.75) is 57.5 Å². The highest BCUT2D eigenvalue weighted by atomic mass is 16.3. The van der Waals surface area contributed by atoms with E-state index >= 15 is 0 Å². The minimum atomic E-state index is -0.240. The minimum Gasteiger partial charge on any atom is -0.392 e. The molecule has 1 aliphatic rings. The van der Waals surface area contributed by atoms with Gasteiger partial charge >= 0.3 is 0 Å². The van der Waals surface area contributed by atoms with Crippen LogP contribution in [0.3, 0.4) is 0 Å². The molecule has 2 rings (SSSR count). The maximum absolute atomic E-state index is 9.99. The van der Waals surface area contributed by atoms with E-state index in [-0.39, 0.29) is 16.9 Å². The Morgan fingerprint density at radius 1 is 1.19 bits per heavy atom. The molecule has 1 unspecified atom stereocenters. The molecule has 0 heterocycles. The first-order valence-electron chi connectivity index (χ1n) is 6.16. The van der Waals surface area contributed by atoms with Gasteiger partial charge in [0.2, 0.25) is 0 Å². The summed E-state index contributed by atoms with van der Waals surface area (Å²) in [5.41, 5.74) is 2.94. The van der Waals surface area contributed by atoms with Gasteiger partial charge in [0.05, 0.1) is 6.10 Å². The summed E-state index contributed by atoms with van der Waals surface area (Å²) in [4.78, 5) is 0. The molecular weight excluding hydrogens is 196 g/mol. The lowest BCUT2D eigenvalue weighted by Crippen LogP contribution is -2.27. The van der Waals surface area contributed by atoms with Crippen molar-refractivity contribution in [3.8, 4) is 0 Å². The van der Waals surface area contributed by atoms with E-state index in [1.54, 1.807) is 0 Å². The maximum atomic E-state index is 9.99. The Balaban J connectivity index is 2.50. The fraction of sp³-hybridized carbons (Fsp3) is 0.600. The van der Waals surface area contributed by atoms with Crippen LogP contribution in [0.2, 0.25) is 0 Å². The number of hydrogen-bond donors (Lipinski definition) is 1. The lowest BCUT2D eigenvalue weighted by molar-refractivity contribution is 0.150. The van der Waals surface area contributed by atoms with Crippen molar-refractivity contribution in [1.29, 1.82) is 0 Å². The standard InChI is InChI=1S/C15H22O/c1-11(16)15(9-10-15)13-8-6-5-7-12(13)14(2,3)4/h5-8,11,16H,9-10H2,1-4H3. The van der Waals surface area contributed by atoms with Crippen molar-refractivity contribution < 1.29 is 5.11 Å². The van der Waals surface area contributed by atoms with Crippen molar-refractivity contribution in [3.63, 3.8) is 0 Å². The van der Waals surface area contributed by atoms with Crippen molar-refractivity contribution >= 4 is 0 Å². The Hall–Kier alpha value is -0.820. The van der Waals surface area contributed by atoms with Crippen LogP contribution in [0.15, 0.2) is 24.3 Å². The molecule has 1 fully saturated rings. The zero-order chi connectivity index (χ0) is 12.0. The third-order valence-electron chi connectivity index (χ3n) is 3.86. The van der Waals surface area contributed by atoms with Crippen molar-refractivity contribution in [1.82, 2.24) is 0 Å². The van der Waals surface area contributed by atoms with Gasteiger partial charge in [-0.2, -0.15) is 0 Å². The molecule has 0 spiro atoms. The molecule has 0 radical (unpaired) electrons. The van der Waals surface area contributed by atoms with E-state index in [2.05, 4.69) is 45.0 Å². The predicted octanol–water partition coefficient (Wildman–Crippen LogP) is 3.40. The van der Waals surface area contributed by atoms with Crippen molar-refractivity contribution in [2.24, 2.45) is 0 Å². The third-order valence-corrected chi connectivity index (χ3v) is 3.86. The van der Waals surface area contributed by atoms with Gasteiger partial charge in [0.1, 0.15) is 0 Å². The first-order chi connectivity index (χ1) is 7.38. The summed E-state index contributed by atoms with van der Waals surface area (Å²) in [6.45, 7) is 8.64. The highest BCUT2D eigenvalue weighted by Gasteiger charge is 2.50.